The molecular weight excluding hydrogens is 333 g/mol. The molecule has 5 nitrogen and oxygen atoms in total. The van der Waals surface area contributed by atoms with Crippen LogP contribution in [0.4, 0.5) is 13.2 Å². The van der Waals surface area contributed by atoms with Gasteiger partial charge < -0.3 is 4.74 Å². The van der Waals surface area contributed by atoms with Gasteiger partial charge >= 0.3 is 6.36 Å². The molecular formula is C14H13F3N2O3S. The minimum absolute atomic E-state index is 0.0669. The lowest BCUT2D eigenvalue weighted by Crippen LogP contribution is -2.17. The van der Waals surface area contributed by atoms with Crippen LogP contribution in [-0.4, -0.2) is 29.7 Å². The zero-order valence-corrected chi connectivity index (χ0v) is 12.9. The summed E-state index contributed by atoms with van der Waals surface area (Å²) in [6.45, 7) is 4.99. The van der Waals surface area contributed by atoms with Crippen molar-refractivity contribution in [2.24, 2.45) is 0 Å². The Morgan fingerprint density at radius 2 is 2.09 bits per heavy atom. The summed E-state index contributed by atoms with van der Waals surface area (Å²) < 4.78 is 65.7. The highest BCUT2D eigenvalue weighted by Gasteiger charge is 2.32. The third-order valence-electron chi connectivity index (χ3n) is 2.99. The van der Waals surface area contributed by atoms with Crippen molar-refractivity contribution in [2.75, 3.05) is 5.75 Å². The average Bonchev–Trinajstić information content (AvgIpc) is 2.96. The topological polar surface area (TPSA) is 61.2 Å². The van der Waals surface area contributed by atoms with Crippen molar-refractivity contribution < 1.29 is 26.3 Å². The lowest BCUT2D eigenvalue weighted by molar-refractivity contribution is -0.274. The molecule has 1 aromatic carbocycles. The summed E-state index contributed by atoms with van der Waals surface area (Å²) in [6, 6.07) is 3.96. The Hall–Kier alpha value is -2.29. The fourth-order valence-corrected chi connectivity index (χ4v) is 2.57. The van der Waals surface area contributed by atoms with Gasteiger partial charge in [-0.05, 0) is 24.6 Å². The fourth-order valence-electron chi connectivity index (χ4n) is 1.84. The molecule has 0 aliphatic carbocycles. The van der Waals surface area contributed by atoms with Gasteiger partial charge in [-0.2, -0.15) is 9.19 Å². The summed E-state index contributed by atoms with van der Waals surface area (Å²) in [6.07, 6.45) is -1.10. The molecule has 0 atom stereocenters. The van der Waals surface area contributed by atoms with Gasteiger partial charge in [0.1, 0.15) is 5.75 Å². The summed E-state index contributed by atoms with van der Waals surface area (Å²) in [5.41, 5.74) is 0.808. The van der Waals surface area contributed by atoms with Crippen molar-refractivity contribution in [1.82, 2.24) is 9.19 Å². The summed E-state index contributed by atoms with van der Waals surface area (Å²) in [5, 5.41) is 3.69. The SMILES string of the molecule is C=Cc1ccc(OC(F)(F)F)c(-c2cnn(S(=O)(=O)CC)c2)c1. The van der Waals surface area contributed by atoms with Crippen LogP contribution in [0.5, 0.6) is 5.75 Å². The van der Waals surface area contributed by atoms with Crippen LogP contribution in [0.3, 0.4) is 0 Å². The average molecular weight is 346 g/mol. The van der Waals surface area contributed by atoms with E-state index < -0.39 is 22.1 Å². The number of ether oxygens (including phenoxy) is 1. The summed E-state index contributed by atoms with van der Waals surface area (Å²) in [4.78, 5) is 0. The molecule has 0 fully saturated rings. The third-order valence-corrected chi connectivity index (χ3v) is 4.49. The highest BCUT2D eigenvalue weighted by molar-refractivity contribution is 7.89. The van der Waals surface area contributed by atoms with Crippen molar-refractivity contribution in [3.8, 4) is 16.9 Å². The standard InChI is InChI=1S/C14H13F3N2O3S/c1-3-10-5-6-13(22-14(15,16)17)12(7-10)11-8-18-19(9-11)23(20,21)4-2/h3,5-9H,1,4H2,2H3. The Kier molecular flexibility index (Phi) is 4.51. The lowest BCUT2D eigenvalue weighted by atomic mass is 10.0. The van der Waals surface area contributed by atoms with Crippen molar-refractivity contribution in [3.05, 3.63) is 42.7 Å². The molecule has 1 aromatic heterocycles. The molecule has 1 heterocycles. The van der Waals surface area contributed by atoms with E-state index in [0.29, 0.717) is 5.56 Å². The van der Waals surface area contributed by atoms with E-state index in [-0.39, 0.29) is 16.9 Å². The number of hydrogen-bond acceptors (Lipinski definition) is 4. The Morgan fingerprint density at radius 3 is 2.65 bits per heavy atom. The van der Waals surface area contributed by atoms with Gasteiger partial charge in [-0.15, -0.1) is 13.2 Å². The number of hydrogen-bond donors (Lipinski definition) is 0. The number of aromatic nitrogens is 2. The summed E-state index contributed by atoms with van der Waals surface area (Å²) in [5.74, 6) is -0.635. The molecule has 0 saturated carbocycles. The van der Waals surface area contributed by atoms with E-state index in [2.05, 4.69) is 16.4 Å². The molecule has 0 radical (unpaired) electrons. The molecule has 0 spiro atoms. The fraction of sp³-hybridized carbons (Fsp3) is 0.214. The number of halogens is 3. The molecule has 0 amide bonds. The minimum Gasteiger partial charge on any atom is -0.405 e. The second kappa shape index (κ2) is 6.07. The normalized spacial score (nSPS) is 12.2. The predicted octanol–water partition coefficient (Wildman–Crippen LogP) is 3.29. The first-order valence-electron chi connectivity index (χ1n) is 6.47. The molecule has 0 saturated heterocycles. The van der Waals surface area contributed by atoms with Crippen molar-refractivity contribution >= 4 is 16.1 Å². The maximum atomic E-state index is 12.5. The maximum absolute atomic E-state index is 12.5. The Balaban J connectivity index is 2.55. The van der Waals surface area contributed by atoms with Crippen LogP contribution in [0.2, 0.25) is 0 Å². The smallest absolute Gasteiger partial charge is 0.405 e. The summed E-state index contributed by atoms with van der Waals surface area (Å²) in [7, 11) is -3.63. The molecule has 0 aliphatic heterocycles. The van der Waals surface area contributed by atoms with E-state index in [0.717, 1.165) is 16.4 Å². The maximum Gasteiger partial charge on any atom is 0.573 e. The van der Waals surface area contributed by atoms with Gasteiger partial charge in [0.25, 0.3) is 10.0 Å². The van der Waals surface area contributed by atoms with Gasteiger partial charge in [-0.3, -0.25) is 0 Å². The van der Waals surface area contributed by atoms with Crippen LogP contribution in [0.1, 0.15) is 12.5 Å². The first-order chi connectivity index (χ1) is 10.7. The van der Waals surface area contributed by atoms with Gasteiger partial charge in [0.2, 0.25) is 0 Å². The van der Waals surface area contributed by atoms with Crippen LogP contribution in [0.25, 0.3) is 17.2 Å². The van der Waals surface area contributed by atoms with E-state index in [1.54, 1.807) is 0 Å². The molecule has 0 aliphatic rings. The second-order valence-electron chi connectivity index (χ2n) is 4.51. The Labute approximate surface area is 131 Å². The number of rotatable bonds is 5. The van der Waals surface area contributed by atoms with Gasteiger partial charge in [0, 0.05) is 11.1 Å². The van der Waals surface area contributed by atoms with Crippen LogP contribution in [0, 0.1) is 0 Å². The first kappa shape index (κ1) is 17.1. The molecule has 2 rings (SSSR count). The quantitative estimate of drug-likeness (QED) is 0.833. The monoisotopic (exact) mass is 346 g/mol. The second-order valence-corrected chi connectivity index (χ2v) is 6.62. The van der Waals surface area contributed by atoms with E-state index in [1.165, 1.54) is 31.3 Å². The molecule has 2 aromatic rings. The Morgan fingerprint density at radius 1 is 1.39 bits per heavy atom. The molecule has 9 heteroatoms. The van der Waals surface area contributed by atoms with Crippen LogP contribution >= 0.6 is 0 Å². The van der Waals surface area contributed by atoms with Gasteiger partial charge in [0.05, 0.1) is 18.1 Å². The highest BCUT2D eigenvalue weighted by Crippen LogP contribution is 2.34. The first-order valence-corrected chi connectivity index (χ1v) is 8.07. The third kappa shape index (κ3) is 3.92. The van der Waals surface area contributed by atoms with Crippen LogP contribution < -0.4 is 4.74 Å². The molecule has 0 N–H and O–H groups in total. The highest BCUT2D eigenvalue weighted by atomic mass is 32.2. The number of benzene rings is 1. The van der Waals surface area contributed by atoms with Gasteiger partial charge in [-0.1, -0.05) is 18.7 Å². The van der Waals surface area contributed by atoms with Crippen molar-refractivity contribution in [1.29, 1.82) is 0 Å². The molecule has 124 valence electrons. The van der Waals surface area contributed by atoms with Crippen LogP contribution in [-0.2, 0) is 10.0 Å². The van der Waals surface area contributed by atoms with Crippen molar-refractivity contribution in [3.63, 3.8) is 0 Å². The number of alkyl halides is 3. The van der Waals surface area contributed by atoms with E-state index in [4.69, 9.17) is 0 Å². The van der Waals surface area contributed by atoms with Gasteiger partial charge in [0.15, 0.2) is 0 Å². The molecule has 0 unspecified atom stereocenters. The predicted molar refractivity (Wildman–Crippen MR) is 79.3 cm³/mol. The van der Waals surface area contributed by atoms with E-state index in [1.807, 2.05) is 0 Å². The van der Waals surface area contributed by atoms with E-state index in [9.17, 15) is 21.6 Å². The van der Waals surface area contributed by atoms with Crippen LogP contribution in [0.15, 0.2) is 37.2 Å². The van der Waals surface area contributed by atoms with Gasteiger partial charge in [-0.25, -0.2) is 8.42 Å². The molecule has 23 heavy (non-hydrogen) atoms. The number of nitrogens with zero attached hydrogens (tertiary/aromatic N) is 2. The lowest BCUT2D eigenvalue weighted by Gasteiger charge is -2.13. The largest absolute Gasteiger partial charge is 0.573 e. The molecule has 0 bridgehead atoms. The van der Waals surface area contributed by atoms with Crippen molar-refractivity contribution in [2.45, 2.75) is 13.3 Å². The zero-order valence-electron chi connectivity index (χ0n) is 12.0. The Bertz CT molecular complexity index is 826. The zero-order chi connectivity index (χ0) is 17.3. The minimum atomic E-state index is -4.87. The summed E-state index contributed by atoms with van der Waals surface area (Å²) >= 11 is 0. The van der Waals surface area contributed by atoms with E-state index >= 15 is 0 Å².